The Labute approximate surface area is 91.4 Å². The van der Waals surface area contributed by atoms with E-state index in [4.69, 9.17) is 5.73 Å². The van der Waals surface area contributed by atoms with Crippen LogP contribution in [-0.2, 0) is 4.79 Å². The average Bonchev–Trinajstić information content (AvgIpc) is 2.64. The average molecular weight is 214 g/mol. The number of rotatable bonds is 6. The van der Waals surface area contributed by atoms with Crippen molar-refractivity contribution in [3.05, 3.63) is 0 Å². The Balaban J connectivity index is 2.03. The maximum absolute atomic E-state index is 11.6. The fourth-order valence-electron chi connectivity index (χ4n) is 1.90. The lowest BCUT2D eigenvalue weighted by Gasteiger charge is -2.15. The van der Waals surface area contributed by atoms with Crippen LogP contribution in [0.3, 0.4) is 0 Å². The summed E-state index contributed by atoms with van der Waals surface area (Å²) in [5.74, 6) is 0.194. The Kier molecular flexibility index (Phi) is 5.65. The summed E-state index contributed by atoms with van der Waals surface area (Å²) in [4.78, 5) is 13.4. The van der Waals surface area contributed by atoms with Crippen LogP contribution >= 0.6 is 0 Å². The summed E-state index contributed by atoms with van der Waals surface area (Å²) in [5, 5.41) is 9.28. The molecule has 4 heteroatoms. The van der Waals surface area contributed by atoms with Crippen molar-refractivity contribution in [2.45, 2.75) is 44.6 Å². The van der Waals surface area contributed by atoms with Gasteiger partial charge >= 0.3 is 0 Å². The lowest BCUT2D eigenvalue weighted by molar-refractivity contribution is -0.130. The second-order valence-electron chi connectivity index (χ2n) is 4.24. The van der Waals surface area contributed by atoms with Crippen molar-refractivity contribution in [2.75, 3.05) is 19.6 Å². The monoisotopic (exact) mass is 214 g/mol. The summed E-state index contributed by atoms with van der Waals surface area (Å²) < 4.78 is 0. The highest BCUT2D eigenvalue weighted by Crippen LogP contribution is 2.12. The Morgan fingerprint density at radius 2 is 2.07 bits per heavy atom. The molecule has 15 heavy (non-hydrogen) atoms. The topological polar surface area (TPSA) is 66.6 Å². The third-order valence-corrected chi connectivity index (χ3v) is 2.86. The zero-order chi connectivity index (χ0) is 11.1. The van der Waals surface area contributed by atoms with Gasteiger partial charge in [-0.25, -0.2) is 0 Å². The maximum Gasteiger partial charge on any atom is 0.222 e. The van der Waals surface area contributed by atoms with E-state index in [0.717, 1.165) is 45.2 Å². The van der Waals surface area contributed by atoms with Crippen LogP contribution in [0.2, 0.25) is 0 Å². The van der Waals surface area contributed by atoms with Crippen LogP contribution in [0.5, 0.6) is 0 Å². The lowest BCUT2D eigenvalue weighted by atomic mass is 10.1. The van der Waals surface area contributed by atoms with E-state index in [0.29, 0.717) is 13.0 Å². The smallest absolute Gasteiger partial charge is 0.222 e. The first kappa shape index (κ1) is 12.5. The van der Waals surface area contributed by atoms with Gasteiger partial charge < -0.3 is 15.7 Å². The molecule has 0 aromatic heterocycles. The molecule has 0 spiro atoms. The Morgan fingerprint density at radius 1 is 1.33 bits per heavy atom. The third kappa shape index (κ3) is 4.62. The quantitative estimate of drug-likeness (QED) is 0.632. The summed E-state index contributed by atoms with van der Waals surface area (Å²) in [6.45, 7) is 2.00. The molecule has 0 aromatic carbocycles. The molecule has 1 saturated heterocycles. The highest BCUT2D eigenvalue weighted by atomic mass is 16.3. The summed E-state index contributed by atoms with van der Waals surface area (Å²) >= 11 is 0. The summed E-state index contributed by atoms with van der Waals surface area (Å²) in [6.07, 6.45) is 5.26. The summed E-state index contributed by atoms with van der Waals surface area (Å²) in [5.41, 5.74) is 5.38. The van der Waals surface area contributed by atoms with Crippen LogP contribution in [0.25, 0.3) is 0 Å². The number of carbonyl (C=O) groups excluding carboxylic acids is 1. The fourth-order valence-corrected chi connectivity index (χ4v) is 1.90. The van der Waals surface area contributed by atoms with Crippen molar-refractivity contribution in [1.29, 1.82) is 0 Å². The molecule has 0 aromatic rings. The van der Waals surface area contributed by atoms with Crippen molar-refractivity contribution < 1.29 is 9.90 Å². The second-order valence-corrected chi connectivity index (χ2v) is 4.24. The van der Waals surface area contributed by atoms with Crippen molar-refractivity contribution in [3.8, 4) is 0 Å². The molecule has 3 N–H and O–H groups in total. The van der Waals surface area contributed by atoms with Gasteiger partial charge in [-0.05, 0) is 25.8 Å². The normalized spacial score (nSPS) is 20.9. The van der Waals surface area contributed by atoms with E-state index in [1.807, 2.05) is 0 Å². The van der Waals surface area contributed by atoms with E-state index in [1.54, 1.807) is 4.90 Å². The van der Waals surface area contributed by atoms with E-state index < -0.39 is 0 Å². The molecule has 88 valence electrons. The Hall–Kier alpha value is -0.610. The zero-order valence-electron chi connectivity index (χ0n) is 9.32. The SMILES string of the molecule is NCCCCCCC(=O)N1CC[C@@H](O)C1. The van der Waals surface area contributed by atoms with E-state index in [-0.39, 0.29) is 12.0 Å². The predicted molar refractivity (Wildman–Crippen MR) is 59.3 cm³/mol. The second kappa shape index (κ2) is 6.80. The number of β-amino-alcohol motifs (C(OH)–C–C–N with tert-alkyl or cyclic N) is 1. The molecular formula is C11H22N2O2. The van der Waals surface area contributed by atoms with E-state index >= 15 is 0 Å². The summed E-state index contributed by atoms with van der Waals surface area (Å²) in [7, 11) is 0. The van der Waals surface area contributed by atoms with Gasteiger partial charge in [0, 0.05) is 19.5 Å². The standard InChI is InChI=1S/C11H22N2O2/c12-7-4-2-1-3-5-11(15)13-8-6-10(14)9-13/h10,14H,1-9,12H2/t10-/m1/s1. The molecule has 0 unspecified atom stereocenters. The van der Waals surface area contributed by atoms with Gasteiger partial charge in [0.2, 0.25) is 5.91 Å². The molecule has 0 bridgehead atoms. The molecule has 1 heterocycles. The van der Waals surface area contributed by atoms with Gasteiger partial charge in [-0.3, -0.25) is 4.79 Å². The van der Waals surface area contributed by atoms with Crippen molar-refractivity contribution in [1.82, 2.24) is 4.90 Å². The van der Waals surface area contributed by atoms with Crippen LogP contribution in [0.4, 0.5) is 0 Å². The van der Waals surface area contributed by atoms with E-state index in [1.165, 1.54) is 0 Å². The van der Waals surface area contributed by atoms with Crippen LogP contribution in [0, 0.1) is 0 Å². The highest BCUT2D eigenvalue weighted by molar-refractivity contribution is 5.76. The van der Waals surface area contributed by atoms with E-state index in [9.17, 15) is 9.90 Å². The molecule has 1 aliphatic rings. The van der Waals surface area contributed by atoms with Gasteiger partial charge in [-0.15, -0.1) is 0 Å². The predicted octanol–water partition coefficient (Wildman–Crippen LogP) is 0.489. The lowest BCUT2D eigenvalue weighted by Crippen LogP contribution is -2.29. The van der Waals surface area contributed by atoms with Crippen LogP contribution in [0.1, 0.15) is 38.5 Å². The molecule has 4 nitrogen and oxygen atoms in total. The van der Waals surface area contributed by atoms with Crippen molar-refractivity contribution >= 4 is 5.91 Å². The number of carbonyl (C=O) groups is 1. The molecule has 1 amide bonds. The number of nitrogens with zero attached hydrogens (tertiary/aromatic N) is 1. The maximum atomic E-state index is 11.6. The number of hydrogen-bond acceptors (Lipinski definition) is 3. The first-order valence-electron chi connectivity index (χ1n) is 5.90. The number of amides is 1. The number of aliphatic hydroxyl groups is 1. The summed E-state index contributed by atoms with van der Waals surface area (Å²) in [6, 6.07) is 0. The number of likely N-dealkylation sites (tertiary alicyclic amines) is 1. The number of hydrogen-bond donors (Lipinski definition) is 2. The third-order valence-electron chi connectivity index (χ3n) is 2.86. The van der Waals surface area contributed by atoms with Gasteiger partial charge in [-0.1, -0.05) is 12.8 Å². The van der Waals surface area contributed by atoms with Gasteiger partial charge in [0.1, 0.15) is 0 Å². The first-order valence-corrected chi connectivity index (χ1v) is 5.90. The minimum Gasteiger partial charge on any atom is -0.391 e. The molecule has 1 rings (SSSR count). The van der Waals surface area contributed by atoms with Gasteiger partial charge in [0.05, 0.1) is 6.10 Å². The van der Waals surface area contributed by atoms with Crippen molar-refractivity contribution in [3.63, 3.8) is 0 Å². The van der Waals surface area contributed by atoms with Gasteiger partial charge in [-0.2, -0.15) is 0 Å². The molecular weight excluding hydrogens is 192 g/mol. The van der Waals surface area contributed by atoms with Crippen LogP contribution < -0.4 is 5.73 Å². The first-order chi connectivity index (χ1) is 7.24. The Bertz CT molecular complexity index is 197. The fraction of sp³-hybridized carbons (Fsp3) is 0.909. The number of unbranched alkanes of at least 4 members (excludes halogenated alkanes) is 3. The molecule has 0 radical (unpaired) electrons. The number of nitrogens with two attached hydrogens (primary N) is 1. The minimum absolute atomic E-state index is 0.194. The molecule has 0 aliphatic carbocycles. The zero-order valence-corrected chi connectivity index (χ0v) is 9.32. The largest absolute Gasteiger partial charge is 0.391 e. The molecule has 1 aliphatic heterocycles. The number of aliphatic hydroxyl groups excluding tert-OH is 1. The highest BCUT2D eigenvalue weighted by Gasteiger charge is 2.23. The van der Waals surface area contributed by atoms with Crippen LogP contribution in [0.15, 0.2) is 0 Å². The van der Waals surface area contributed by atoms with Crippen LogP contribution in [-0.4, -0.2) is 41.7 Å². The molecule has 1 atom stereocenters. The minimum atomic E-state index is -0.300. The molecule has 1 fully saturated rings. The van der Waals surface area contributed by atoms with Crippen molar-refractivity contribution in [2.24, 2.45) is 5.73 Å². The van der Waals surface area contributed by atoms with Gasteiger partial charge in [0.15, 0.2) is 0 Å². The van der Waals surface area contributed by atoms with E-state index in [2.05, 4.69) is 0 Å². The molecule has 0 saturated carbocycles. The van der Waals surface area contributed by atoms with Gasteiger partial charge in [0.25, 0.3) is 0 Å². The Morgan fingerprint density at radius 3 is 2.67 bits per heavy atom.